The molecule has 1 fully saturated rings. The molecule has 0 aromatic heterocycles. The lowest BCUT2D eigenvalue weighted by atomic mass is 10.0. The molecule has 1 amide bonds. The molecule has 0 spiro atoms. The largest absolute Gasteiger partial charge is 0.342 e. The second kappa shape index (κ2) is 7.44. The Morgan fingerprint density at radius 2 is 2.23 bits per heavy atom. The molecule has 7 heteroatoms. The van der Waals surface area contributed by atoms with E-state index < -0.39 is 10.0 Å². The van der Waals surface area contributed by atoms with Gasteiger partial charge in [0, 0.05) is 31.1 Å². The lowest BCUT2D eigenvalue weighted by molar-refractivity contribution is -0.132. The Labute approximate surface area is 136 Å². The zero-order valence-electron chi connectivity index (χ0n) is 12.6. The van der Waals surface area contributed by atoms with E-state index >= 15 is 0 Å². The molecule has 0 saturated carbocycles. The predicted molar refractivity (Wildman–Crippen MR) is 86.2 cm³/mol. The third kappa shape index (κ3) is 4.69. The topological polar surface area (TPSA) is 66.5 Å². The van der Waals surface area contributed by atoms with Crippen LogP contribution in [0.2, 0.25) is 5.02 Å². The second-order valence-corrected chi connectivity index (χ2v) is 7.90. The van der Waals surface area contributed by atoms with E-state index in [0.29, 0.717) is 10.9 Å². The van der Waals surface area contributed by atoms with Gasteiger partial charge in [0.1, 0.15) is 0 Å². The number of sulfonamides is 1. The molecule has 1 aliphatic heterocycles. The first-order chi connectivity index (χ1) is 10.4. The number of carbonyl (C=O) groups excluding carboxylic acids is 1. The summed E-state index contributed by atoms with van der Waals surface area (Å²) in [6.07, 6.45) is 2.33. The second-order valence-electron chi connectivity index (χ2n) is 5.69. The maximum Gasteiger partial charge on any atom is 0.240 e. The van der Waals surface area contributed by atoms with Gasteiger partial charge in [0.25, 0.3) is 0 Å². The lowest BCUT2D eigenvalue weighted by Gasteiger charge is -2.31. The average molecular weight is 345 g/mol. The van der Waals surface area contributed by atoms with Crippen molar-refractivity contribution in [3.63, 3.8) is 0 Å². The minimum atomic E-state index is -3.63. The average Bonchev–Trinajstić information content (AvgIpc) is 2.47. The minimum absolute atomic E-state index is 0.000319. The van der Waals surface area contributed by atoms with E-state index in [4.69, 9.17) is 11.6 Å². The predicted octanol–water partition coefficient (Wildman–Crippen LogP) is 2.27. The standard InChI is InChI=1S/C15H21ClN2O3S/c1-12-4-3-9-18(11-12)15(19)7-8-17-22(20,21)14-6-2-5-13(16)10-14/h2,5-6,10,12,17H,3-4,7-9,11H2,1H3. The van der Waals surface area contributed by atoms with Crippen molar-refractivity contribution < 1.29 is 13.2 Å². The van der Waals surface area contributed by atoms with Crippen molar-refractivity contribution in [2.24, 2.45) is 5.92 Å². The van der Waals surface area contributed by atoms with Gasteiger partial charge in [0.2, 0.25) is 15.9 Å². The van der Waals surface area contributed by atoms with Crippen molar-refractivity contribution in [2.75, 3.05) is 19.6 Å². The highest BCUT2D eigenvalue weighted by atomic mass is 35.5. The summed E-state index contributed by atoms with van der Waals surface area (Å²) in [6, 6.07) is 6.05. The van der Waals surface area contributed by atoms with Crippen LogP contribution >= 0.6 is 11.6 Å². The van der Waals surface area contributed by atoms with Gasteiger partial charge in [0.05, 0.1) is 4.90 Å². The summed E-state index contributed by atoms with van der Waals surface area (Å²) < 4.78 is 26.6. The Bertz CT molecular complexity index is 633. The van der Waals surface area contributed by atoms with E-state index in [9.17, 15) is 13.2 Å². The van der Waals surface area contributed by atoms with Gasteiger partial charge in [-0.1, -0.05) is 24.6 Å². The highest BCUT2D eigenvalue weighted by Gasteiger charge is 2.21. The molecule has 5 nitrogen and oxygen atoms in total. The van der Waals surface area contributed by atoms with Crippen molar-refractivity contribution in [1.82, 2.24) is 9.62 Å². The number of likely N-dealkylation sites (tertiary alicyclic amines) is 1. The van der Waals surface area contributed by atoms with Crippen molar-refractivity contribution >= 4 is 27.5 Å². The van der Waals surface area contributed by atoms with Gasteiger partial charge in [-0.25, -0.2) is 13.1 Å². The van der Waals surface area contributed by atoms with Gasteiger partial charge >= 0.3 is 0 Å². The molecule has 1 unspecified atom stereocenters. The number of piperidine rings is 1. The fourth-order valence-corrected chi connectivity index (χ4v) is 3.92. The third-order valence-electron chi connectivity index (χ3n) is 3.75. The summed E-state index contributed by atoms with van der Waals surface area (Å²) in [5, 5.41) is 0.362. The minimum Gasteiger partial charge on any atom is -0.342 e. The van der Waals surface area contributed by atoms with E-state index in [-0.39, 0.29) is 23.8 Å². The summed E-state index contributed by atoms with van der Waals surface area (Å²) in [4.78, 5) is 14.0. The number of rotatable bonds is 5. The van der Waals surface area contributed by atoms with Crippen LogP contribution in [-0.2, 0) is 14.8 Å². The molecule has 1 aliphatic rings. The molecule has 0 bridgehead atoms. The molecule has 1 atom stereocenters. The van der Waals surface area contributed by atoms with Gasteiger partial charge in [-0.2, -0.15) is 0 Å². The lowest BCUT2D eigenvalue weighted by Crippen LogP contribution is -2.40. The molecule has 0 aliphatic carbocycles. The van der Waals surface area contributed by atoms with Crippen LogP contribution in [0, 0.1) is 5.92 Å². The monoisotopic (exact) mass is 344 g/mol. The summed E-state index contributed by atoms with van der Waals surface area (Å²) >= 11 is 5.80. The normalized spacial score (nSPS) is 19.2. The molecule has 1 heterocycles. The Morgan fingerprint density at radius 1 is 1.45 bits per heavy atom. The van der Waals surface area contributed by atoms with Gasteiger partial charge in [-0.3, -0.25) is 4.79 Å². The van der Waals surface area contributed by atoms with Crippen LogP contribution < -0.4 is 4.72 Å². The quantitative estimate of drug-likeness (QED) is 0.891. The summed E-state index contributed by atoms with van der Waals surface area (Å²) in [6.45, 7) is 3.75. The molecule has 1 saturated heterocycles. The number of hydrogen-bond acceptors (Lipinski definition) is 3. The molecule has 1 aromatic rings. The van der Waals surface area contributed by atoms with Gasteiger partial charge < -0.3 is 4.90 Å². The number of benzene rings is 1. The Hall–Kier alpha value is -1.11. The fraction of sp³-hybridized carbons (Fsp3) is 0.533. The van der Waals surface area contributed by atoms with Crippen LogP contribution in [0.25, 0.3) is 0 Å². The zero-order chi connectivity index (χ0) is 16.2. The first-order valence-corrected chi connectivity index (χ1v) is 9.27. The molecular weight excluding hydrogens is 324 g/mol. The van der Waals surface area contributed by atoms with Gasteiger partial charge in [0.15, 0.2) is 0 Å². The van der Waals surface area contributed by atoms with Gasteiger partial charge in [-0.05, 0) is 37.0 Å². The Balaban J connectivity index is 1.86. The third-order valence-corrected chi connectivity index (χ3v) is 5.44. The van der Waals surface area contributed by atoms with E-state index in [1.165, 1.54) is 12.1 Å². The van der Waals surface area contributed by atoms with Crippen molar-refractivity contribution in [3.8, 4) is 0 Å². The van der Waals surface area contributed by atoms with Crippen molar-refractivity contribution in [1.29, 1.82) is 0 Å². The van der Waals surface area contributed by atoms with E-state index in [2.05, 4.69) is 11.6 Å². The fourth-order valence-electron chi connectivity index (χ4n) is 2.58. The maximum atomic E-state index is 12.1. The van der Waals surface area contributed by atoms with Crippen LogP contribution in [0.15, 0.2) is 29.2 Å². The number of nitrogens with one attached hydrogen (secondary N) is 1. The van der Waals surface area contributed by atoms with E-state index in [0.717, 1.165) is 25.9 Å². The van der Waals surface area contributed by atoms with Crippen LogP contribution in [0.1, 0.15) is 26.2 Å². The molecule has 22 heavy (non-hydrogen) atoms. The number of carbonyl (C=O) groups is 1. The van der Waals surface area contributed by atoms with Crippen LogP contribution in [0.5, 0.6) is 0 Å². The number of hydrogen-bond donors (Lipinski definition) is 1. The molecule has 0 radical (unpaired) electrons. The molecular formula is C15H21ClN2O3S. The van der Waals surface area contributed by atoms with Gasteiger partial charge in [-0.15, -0.1) is 0 Å². The van der Waals surface area contributed by atoms with E-state index in [1.807, 2.05) is 4.90 Å². The van der Waals surface area contributed by atoms with Crippen LogP contribution in [0.3, 0.4) is 0 Å². The Morgan fingerprint density at radius 3 is 2.91 bits per heavy atom. The number of nitrogens with zero attached hydrogens (tertiary/aromatic N) is 1. The number of amides is 1. The SMILES string of the molecule is CC1CCCN(C(=O)CCNS(=O)(=O)c2cccc(Cl)c2)C1. The first-order valence-electron chi connectivity index (χ1n) is 7.41. The van der Waals surface area contributed by atoms with Crippen molar-refractivity contribution in [3.05, 3.63) is 29.3 Å². The van der Waals surface area contributed by atoms with E-state index in [1.54, 1.807) is 12.1 Å². The van der Waals surface area contributed by atoms with Crippen LogP contribution in [-0.4, -0.2) is 38.9 Å². The zero-order valence-corrected chi connectivity index (χ0v) is 14.2. The highest BCUT2D eigenvalue weighted by molar-refractivity contribution is 7.89. The van der Waals surface area contributed by atoms with Crippen LogP contribution in [0.4, 0.5) is 0 Å². The maximum absolute atomic E-state index is 12.1. The molecule has 1 N–H and O–H groups in total. The summed E-state index contributed by atoms with van der Waals surface area (Å²) in [7, 11) is -3.63. The highest BCUT2D eigenvalue weighted by Crippen LogP contribution is 2.17. The smallest absolute Gasteiger partial charge is 0.240 e. The number of halogens is 1. The first kappa shape index (κ1) is 17.2. The summed E-state index contributed by atoms with van der Waals surface area (Å²) in [5.41, 5.74) is 0. The molecule has 1 aromatic carbocycles. The van der Waals surface area contributed by atoms with Crippen molar-refractivity contribution in [2.45, 2.75) is 31.1 Å². The molecule has 2 rings (SSSR count). The summed E-state index contributed by atoms with van der Waals surface area (Å²) in [5.74, 6) is 0.515. The molecule has 122 valence electrons. The Kier molecular flexibility index (Phi) is 5.83.